The second-order valence-electron chi connectivity index (χ2n) is 5.27. The van der Waals surface area contributed by atoms with Crippen molar-refractivity contribution < 1.29 is 0 Å². The molecular formula is C22H34. The van der Waals surface area contributed by atoms with Crippen LogP contribution in [-0.2, 0) is 0 Å². The van der Waals surface area contributed by atoms with Gasteiger partial charge in [0.2, 0.25) is 0 Å². The van der Waals surface area contributed by atoms with Crippen LogP contribution < -0.4 is 0 Å². The minimum Gasteiger partial charge on any atom is -0.0991 e. The maximum absolute atomic E-state index is 3.93. The Bertz CT molecular complexity index is 492. The van der Waals surface area contributed by atoms with Crippen LogP contribution in [-0.4, -0.2) is 0 Å². The lowest BCUT2D eigenvalue weighted by molar-refractivity contribution is 0.639. The van der Waals surface area contributed by atoms with Crippen LogP contribution in [0.1, 0.15) is 60.8 Å². The molecule has 0 nitrogen and oxygen atoms in total. The summed E-state index contributed by atoms with van der Waals surface area (Å²) in [7, 11) is 0. The number of fused-ring (bicyclic) bond motifs is 1. The van der Waals surface area contributed by atoms with E-state index in [4.69, 9.17) is 0 Å². The maximum atomic E-state index is 3.93. The van der Waals surface area contributed by atoms with Crippen LogP contribution >= 0.6 is 0 Å². The van der Waals surface area contributed by atoms with E-state index in [-0.39, 0.29) is 0 Å². The van der Waals surface area contributed by atoms with E-state index in [0.29, 0.717) is 5.92 Å². The average molecular weight is 299 g/mol. The molecule has 0 amide bonds. The van der Waals surface area contributed by atoms with E-state index < -0.39 is 0 Å². The van der Waals surface area contributed by atoms with Gasteiger partial charge in [0.05, 0.1) is 0 Å². The predicted octanol–water partition coefficient (Wildman–Crippen LogP) is 7.34. The molecule has 1 atom stereocenters. The highest BCUT2D eigenvalue weighted by molar-refractivity contribution is 5.52. The molecule has 2 aliphatic carbocycles. The van der Waals surface area contributed by atoms with E-state index in [1.54, 1.807) is 0 Å². The van der Waals surface area contributed by atoms with E-state index in [0.717, 1.165) is 6.42 Å². The molecule has 0 saturated carbocycles. The lowest BCUT2D eigenvalue weighted by Gasteiger charge is -2.12. The average Bonchev–Trinajstić information content (AvgIpc) is 2.75. The van der Waals surface area contributed by atoms with Gasteiger partial charge in [-0.15, -0.1) is 0 Å². The van der Waals surface area contributed by atoms with Crippen molar-refractivity contribution in [1.29, 1.82) is 0 Å². The van der Waals surface area contributed by atoms with Crippen molar-refractivity contribution >= 4 is 0 Å². The van der Waals surface area contributed by atoms with Crippen molar-refractivity contribution in [3.63, 3.8) is 0 Å². The molecule has 2 rings (SSSR count). The van der Waals surface area contributed by atoms with Crippen molar-refractivity contribution in [1.82, 2.24) is 0 Å². The van der Waals surface area contributed by atoms with Gasteiger partial charge in [0.25, 0.3) is 0 Å². The van der Waals surface area contributed by atoms with Crippen LogP contribution in [0.2, 0.25) is 0 Å². The van der Waals surface area contributed by atoms with Crippen molar-refractivity contribution in [2.75, 3.05) is 0 Å². The molecule has 1 unspecified atom stereocenters. The molecule has 0 aromatic carbocycles. The molecule has 0 aromatic heterocycles. The highest BCUT2D eigenvalue weighted by Crippen LogP contribution is 2.43. The smallest absolute Gasteiger partial charge is 0.00843 e. The van der Waals surface area contributed by atoms with Crippen LogP contribution in [0, 0.1) is 5.92 Å². The third-order valence-electron chi connectivity index (χ3n) is 4.05. The lowest BCUT2D eigenvalue weighted by Crippen LogP contribution is -1.99. The largest absolute Gasteiger partial charge is 0.0991 e. The van der Waals surface area contributed by atoms with Gasteiger partial charge in [-0.25, -0.2) is 0 Å². The molecule has 0 saturated heterocycles. The van der Waals surface area contributed by atoms with Gasteiger partial charge in [-0.05, 0) is 55.7 Å². The quantitative estimate of drug-likeness (QED) is 0.478. The summed E-state index contributed by atoms with van der Waals surface area (Å²) < 4.78 is 0. The summed E-state index contributed by atoms with van der Waals surface area (Å²) >= 11 is 0. The van der Waals surface area contributed by atoms with Crippen molar-refractivity contribution in [3.05, 3.63) is 71.4 Å². The van der Waals surface area contributed by atoms with E-state index in [9.17, 15) is 0 Å². The fraction of sp³-hybridized carbons (Fsp3) is 0.455. The molecule has 0 fully saturated rings. The van der Waals surface area contributed by atoms with Gasteiger partial charge in [-0.1, -0.05) is 82.4 Å². The summed E-state index contributed by atoms with van der Waals surface area (Å²) in [5.74, 6) is 0.673. The fourth-order valence-corrected chi connectivity index (χ4v) is 3.07. The molecule has 0 heteroatoms. The number of rotatable bonds is 3. The summed E-state index contributed by atoms with van der Waals surface area (Å²) in [5, 5.41) is 0. The molecule has 0 aromatic rings. The summed E-state index contributed by atoms with van der Waals surface area (Å²) in [6.07, 6.45) is 13.9. The van der Waals surface area contributed by atoms with Gasteiger partial charge in [0, 0.05) is 0 Å². The van der Waals surface area contributed by atoms with Gasteiger partial charge in [-0.2, -0.15) is 0 Å². The summed E-state index contributed by atoms with van der Waals surface area (Å²) in [6.45, 7) is 20.2. The number of allylic oxidation sites excluding steroid dienone is 10. The molecule has 0 aliphatic heterocycles. The molecular weight excluding hydrogens is 264 g/mol. The first-order valence-corrected chi connectivity index (χ1v) is 8.67. The Morgan fingerprint density at radius 3 is 2.14 bits per heavy atom. The van der Waals surface area contributed by atoms with Gasteiger partial charge in [0.1, 0.15) is 0 Å². The molecule has 0 heterocycles. The van der Waals surface area contributed by atoms with Crippen molar-refractivity contribution in [3.8, 4) is 0 Å². The highest BCUT2D eigenvalue weighted by Gasteiger charge is 2.27. The van der Waals surface area contributed by atoms with Crippen LogP contribution in [0.4, 0.5) is 0 Å². The second kappa shape index (κ2) is 11.1. The first-order chi connectivity index (χ1) is 10.7. The molecule has 0 N–H and O–H groups in total. The SMILES string of the molecule is C=C/C=C\C1=C(C)CC2CC(C)=C(C=C)CC=C12.CC.CC. The summed E-state index contributed by atoms with van der Waals surface area (Å²) in [6, 6.07) is 0. The zero-order valence-electron chi connectivity index (χ0n) is 15.5. The van der Waals surface area contributed by atoms with Crippen molar-refractivity contribution in [2.45, 2.75) is 60.8 Å². The van der Waals surface area contributed by atoms with Crippen molar-refractivity contribution in [2.24, 2.45) is 5.92 Å². The Morgan fingerprint density at radius 2 is 1.59 bits per heavy atom. The highest BCUT2D eigenvalue weighted by atomic mass is 14.3. The Hall–Kier alpha value is -1.56. The standard InChI is InChI=1S/C18H22.2C2H6/c1-5-7-8-17-14(4)12-16-11-13(3)15(6-2)9-10-18(16)17;2*1-2/h5-8,10,16H,1-2,9,11-12H2,3-4H3;2*1-2H3/b8-7-;;. The molecule has 0 spiro atoms. The third kappa shape index (κ3) is 5.02. The molecule has 0 bridgehead atoms. The van der Waals surface area contributed by atoms with Gasteiger partial charge < -0.3 is 0 Å². The van der Waals surface area contributed by atoms with E-state index in [2.05, 4.69) is 39.2 Å². The topological polar surface area (TPSA) is 0 Å². The summed E-state index contributed by atoms with van der Waals surface area (Å²) in [5.41, 5.74) is 7.38. The molecule has 2 aliphatic rings. The maximum Gasteiger partial charge on any atom is -0.00843 e. The molecule has 122 valence electrons. The lowest BCUT2D eigenvalue weighted by atomic mass is 9.92. The van der Waals surface area contributed by atoms with E-state index in [1.165, 1.54) is 40.7 Å². The minimum atomic E-state index is 0.673. The third-order valence-corrected chi connectivity index (χ3v) is 4.05. The zero-order valence-corrected chi connectivity index (χ0v) is 15.5. The summed E-state index contributed by atoms with van der Waals surface area (Å²) in [4.78, 5) is 0. The Labute approximate surface area is 138 Å². The molecule has 22 heavy (non-hydrogen) atoms. The Morgan fingerprint density at radius 1 is 1.00 bits per heavy atom. The predicted molar refractivity (Wildman–Crippen MR) is 103 cm³/mol. The van der Waals surface area contributed by atoms with Gasteiger partial charge >= 0.3 is 0 Å². The van der Waals surface area contributed by atoms with Crippen LogP contribution in [0.15, 0.2) is 71.4 Å². The fourth-order valence-electron chi connectivity index (χ4n) is 3.07. The van der Waals surface area contributed by atoms with E-state index in [1.807, 2.05) is 45.9 Å². The second-order valence-corrected chi connectivity index (χ2v) is 5.27. The van der Waals surface area contributed by atoms with Crippen LogP contribution in [0.25, 0.3) is 0 Å². The minimum absolute atomic E-state index is 0.673. The zero-order chi connectivity index (χ0) is 17.1. The molecule has 0 radical (unpaired) electrons. The monoisotopic (exact) mass is 298 g/mol. The number of hydrogen-bond acceptors (Lipinski definition) is 0. The van der Waals surface area contributed by atoms with Gasteiger partial charge in [0.15, 0.2) is 0 Å². The first-order valence-electron chi connectivity index (χ1n) is 8.67. The normalized spacial score (nSPS) is 20.3. The van der Waals surface area contributed by atoms with E-state index >= 15 is 0 Å². The van der Waals surface area contributed by atoms with Crippen LogP contribution in [0.3, 0.4) is 0 Å². The van der Waals surface area contributed by atoms with Gasteiger partial charge in [-0.3, -0.25) is 0 Å². The first kappa shape index (κ1) is 20.4. The Kier molecular flexibility index (Phi) is 10.3. The Balaban J connectivity index is 0.00000102. The van der Waals surface area contributed by atoms with Crippen LogP contribution in [0.5, 0.6) is 0 Å². The number of hydrogen-bond donors (Lipinski definition) is 0.